The van der Waals surface area contributed by atoms with E-state index in [4.69, 9.17) is 13.9 Å². The second-order valence-electron chi connectivity index (χ2n) is 7.25. The van der Waals surface area contributed by atoms with Crippen LogP contribution in [0.2, 0.25) is 0 Å². The number of furan rings is 1. The van der Waals surface area contributed by atoms with Gasteiger partial charge in [-0.1, -0.05) is 18.2 Å². The van der Waals surface area contributed by atoms with Gasteiger partial charge in [-0.05, 0) is 50.2 Å². The molecule has 0 spiro atoms. The van der Waals surface area contributed by atoms with Crippen molar-refractivity contribution in [2.24, 2.45) is 0 Å². The summed E-state index contributed by atoms with van der Waals surface area (Å²) < 4.78 is 16.7. The number of methoxy groups -OCH3 is 1. The number of carbonyl (C=O) groups excluding carboxylic acids is 2. The predicted octanol–water partition coefficient (Wildman–Crippen LogP) is 4.62. The van der Waals surface area contributed by atoms with Gasteiger partial charge in [0.25, 0.3) is 11.7 Å². The molecule has 7 nitrogen and oxygen atoms in total. The molecule has 1 N–H and O–H groups in total. The number of aliphatic hydroxyl groups excluding tert-OH is 1. The molecule has 0 bridgehead atoms. The van der Waals surface area contributed by atoms with Crippen molar-refractivity contribution < 1.29 is 28.6 Å². The zero-order chi connectivity index (χ0) is 22.8. The average molecular weight is 433 g/mol. The molecular formula is C25H23NO6. The first-order valence-electron chi connectivity index (χ1n) is 10.2. The largest absolute Gasteiger partial charge is 0.507 e. The number of ether oxygens (including phenoxy) is 2. The molecule has 0 radical (unpaired) electrons. The second kappa shape index (κ2) is 8.63. The van der Waals surface area contributed by atoms with E-state index in [0.29, 0.717) is 40.9 Å². The highest BCUT2D eigenvalue weighted by molar-refractivity contribution is 6.51. The third kappa shape index (κ3) is 3.62. The fourth-order valence-corrected chi connectivity index (χ4v) is 3.84. The number of aryl methyl sites for hydroxylation is 1. The normalized spacial score (nSPS) is 17.6. The smallest absolute Gasteiger partial charge is 0.300 e. The summed E-state index contributed by atoms with van der Waals surface area (Å²) in [5.41, 5.74) is 0.691. The van der Waals surface area contributed by atoms with Crippen molar-refractivity contribution in [3.8, 4) is 11.5 Å². The number of benzene rings is 2. The lowest BCUT2D eigenvalue weighted by molar-refractivity contribution is -0.132. The highest BCUT2D eigenvalue weighted by atomic mass is 16.5. The van der Waals surface area contributed by atoms with Crippen LogP contribution in [-0.4, -0.2) is 30.5 Å². The minimum Gasteiger partial charge on any atom is -0.507 e. The summed E-state index contributed by atoms with van der Waals surface area (Å²) in [6, 6.07) is 16.1. The van der Waals surface area contributed by atoms with Crippen molar-refractivity contribution in [3.05, 3.63) is 83.3 Å². The van der Waals surface area contributed by atoms with E-state index in [1.807, 2.05) is 6.92 Å². The highest BCUT2D eigenvalue weighted by Crippen LogP contribution is 2.44. The Balaban J connectivity index is 1.93. The van der Waals surface area contributed by atoms with Gasteiger partial charge in [0.2, 0.25) is 0 Å². The number of rotatable bonds is 6. The number of ketones is 1. The quantitative estimate of drug-likeness (QED) is 0.347. The highest BCUT2D eigenvalue weighted by Gasteiger charge is 2.48. The maximum atomic E-state index is 13.2. The number of hydrogen-bond acceptors (Lipinski definition) is 6. The van der Waals surface area contributed by atoms with E-state index < -0.39 is 17.7 Å². The Hall–Kier alpha value is -4.00. The van der Waals surface area contributed by atoms with Crippen LogP contribution >= 0.6 is 0 Å². The standard InChI is InChI=1S/C25H23NO6/c1-4-31-17-9-7-8-16(14-17)26-22(20-13-12-15(2)32-20)21(24(28)25(26)29)23(27)18-10-5-6-11-19(18)30-3/h5-14,22,27H,4H2,1-3H3/b23-21-. The zero-order valence-electron chi connectivity index (χ0n) is 18.0. The Bertz CT molecular complexity index is 1210. The first-order chi connectivity index (χ1) is 15.5. The fourth-order valence-electron chi connectivity index (χ4n) is 3.84. The number of Topliss-reactive ketones (excluding diaryl/α,β-unsaturated/α-hetero) is 1. The van der Waals surface area contributed by atoms with E-state index in [2.05, 4.69) is 0 Å². The van der Waals surface area contributed by atoms with Crippen LogP contribution in [0.25, 0.3) is 5.76 Å². The van der Waals surface area contributed by atoms with Crippen LogP contribution in [0.4, 0.5) is 5.69 Å². The van der Waals surface area contributed by atoms with Crippen molar-refractivity contribution in [1.29, 1.82) is 0 Å². The van der Waals surface area contributed by atoms with Crippen LogP contribution in [0.3, 0.4) is 0 Å². The van der Waals surface area contributed by atoms with Gasteiger partial charge >= 0.3 is 0 Å². The Kier molecular flexibility index (Phi) is 5.73. The van der Waals surface area contributed by atoms with Crippen LogP contribution in [0, 0.1) is 6.92 Å². The summed E-state index contributed by atoms with van der Waals surface area (Å²) in [7, 11) is 1.47. The van der Waals surface area contributed by atoms with E-state index in [0.717, 1.165) is 0 Å². The van der Waals surface area contributed by atoms with Gasteiger partial charge in [-0.3, -0.25) is 14.5 Å². The summed E-state index contributed by atoms with van der Waals surface area (Å²) >= 11 is 0. The lowest BCUT2D eigenvalue weighted by Gasteiger charge is -2.24. The van der Waals surface area contributed by atoms with E-state index in [9.17, 15) is 14.7 Å². The van der Waals surface area contributed by atoms with Crippen molar-refractivity contribution in [2.75, 3.05) is 18.6 Å². The van der Waals surface area contributed by atoms with Crippen LogP contribution in [0.1, 0.15) is 30.0 Å². The molecule has 1 aromatic heterocycles. The minimum absolute atomic E-state index is 0.0735. The van der Waals surface area contributed by atoms with Gasteiger partial charge in [-0.25, -0.2) is 0 Å². The lowest BCUT2D eigenvalue weighted by Crippen LogP contribution is -2.29. The molecule has 0 aliphatic carbocycles. The number of anilines is 1. The maximum Gasteiger partial charge on any atom is 0.300 e. The van der Waals surface area contributed by atoms with Crippen molar-refractivity contribution in [1.82, 2.24) is 0 Å². The Labute approximate surface area is 185 Å². The summed E-state index contributed by atoms with van der Waals surface area (Å²) in [5.74, 6) is 0.00701. The molecule has 1 amide bonds. The molecule has 164 valence electrons. The first kappa shape index (κ1) is 21.2. The van der Waals surface area contributed by atoms with Crippen molar-refractivity contribution >= 4 is 23.1 Å². The maximum absolute atomic E-state index is 13.2. The van der Waals surface area contributed by atoms with Gasteiger partial charge in [-0.15, -0.1) is 0 Å². The van der Waals surface area contributed by atoms with Gasteiger partial charge in [0.1, 0.15) is 34.8 Å². The SMILES string of the molecule is CCOc1cccc(N2C(=O)C(=O)/C(=C(\O)c3ccccc3OC)C2c2ccc(C)o2)c1. The Morgan fingerprint density at radius 2 is 1.88 bits per heavy atom. The molecule has 32 heavy (non-hydrogen) atoms. The summed E-state index contributed by atoms with van der Waals surface area (Å²) in [6.07, 6.45) is 0. The van der Waals surface area contributed by atoms with Crippen molar-refractivity contribution in [2.45, 2.75) is 19.9 Å². The number of aliphatic hydroxyl groups is 1. The molecule has 1 atom stereocenters. The number of carbonyl (C=O) groups is 2. The molecule has 1 fully saturated rings. The second-order valence-corrected chi connectivity index (χ2v) is 7.25. The monoisotopic (exact) mass is 433 g/mol. The number of nitrogens with zero attached hydrogens (tertiary/aromatic N) is 1. The first-order valence-corrected chi connectivity index (χ1v) is 10.2. The van der Waals surface area contributed by atoms with E-state index in [-0.39, 0.29) is 11.3 Å². The Morgan fingerprint density at radius 3 is 2.56 bits per heavy atom. The molecule has 3 aromatic rings. The molecule has 1 saturated heterocycles. The summed E-state index contributed by atoms with van der Waals surface area (Å²) in [4.78, 5) is 27.7. The summed E-state index contributed by atoms with van der Waals surface area (Å²) in [5, 5.41) is 11.2. The number of hydrogen-bond donors (Lipinski definition) is 1. The summed E-state index contributed by atoms with van der Waals surface area (Å²) in [6.45, 7) is 4.08. The molecule has 1 aliphatic rings. The average Bonchev–Trinajstić information content (AvgIpc) is 3.34. The van der Waals surface area contributed by atoms with Crippen LogP contribution in [0.15, 0.2) is 70.7 Å². The van der Waals surface area contributed by atoms with Crippen LogP contribution in [-0.2, 0) is 9.59 Å². The zero-order valence-corrected chi connectivity index (χ0v) is 18.0. The van der Waals surface area contributed by atoms with Gasteiger partial charge in [0, 0.05) is 11.8 Å². The molecule has 0 saturated carbocycles. The molecule has 1 aliphatic heterocycles. The van der Waals surface area contributed by atoms with E-state index in [1.165, 1.54) is 12.0 Å². The number of para-hydroxylation sites is 1. The van der Waals surface area contributed by atoms with Gasteiger partial charge in [0.05, 0.1) is 24.9 Å². The third-order valence-electron chi connectivity index (χ3n) is 5.24. The number of amides is 1. The molecule has 4 rings (SSSR count). The molecule has 2 aromatic carbocycles. The van der Waals surface area contributed by atoms with Gasteiger partial charge in [0.15, 0.2) is 0 Å². The third-order valence-corrected chi connectivity index (χ3v) is 5.24. The van der Waals surface area contributed by atoms with Crippen molar-refractivity contribution in [3.63, 3.8) is 0 Å². The topological polar surface area (TPSA) is 89.2 Å². The van der Waals surface area contributed by atoms with Crippen LogP contribution < -0.4 is 14.4 Å². The minimum atomic E-state index is -0.953. The molecule has 1 unspecified atom stereocenters. The fraction of sp³-hybridized carbons (Fsp3) is 0.200. The van der Waals surface area contributed by atoms with E-state index >= 15 is 0 Å². The van der Waals surface area contributed by atoms with Gasteiger partial charge < -0.3 is 19.0 Å². The Morgan fingerprint density at radius 1 is 1.09 bits per heavy atom. The van der Waals surface area contributed by atoms with Gasteiger partial charge in [-0.2, -0.15) is 0 Å². The lowest BCUT2D eigenvalue weighted by atomic mass is 9.98. The van der Waals surface area contributed by atoms with E-state index in [1.54, 1.807) is 67.6 Å². The molecular weight excluding hydrogens is 410 g/mol. The predicted molar refractivity (Wildman–Crippen MR) is 119 cm³/mol. The van der Waals surface area contributed by atoms with Crippen LogP contribution in [0.5, 0.6) is 11.5 Å². The molecule has 2 heterocycles. The molecule has 7 heteroatoms.